The number of aryl methyl sites for hydroxylation is 1. The number of hydrogen-bond acceptors (Lipinski definition) is 1. The molecular formula is C15H19BrFNO. The summed E-state index contributed by atoms with van der Waals surface area (Å²) in [7, 11) is 0. The van der Waals surface area contributed by atoms with Gasteiger partial charge in [-0.1, -0.05) is 40.4 Å². The summed E-state index contributed by atoms with van der Waals surface area (Å²) in [6.45, 7) is 2.47. The number of hydrogen-bond donors (Lipinski definition) is 1. The Kier molecular flexibility index (Phi) is 4.61. The highest BCUT2D eigenvalue weighted by atomic mass is 79.9. The molecule has 19 heavy (non-hydrogen) atoms. The molecular weight excluding hydrogens is 309 g/mol. The Morgan fingerprint density at radius 2 is 2.11 bits per heavy atom. The van der Waals surface area contributed by atoms with Gasteiger partial charge in [0.2, 0.25) is 0 Å². The van der Waals surface area contributed by atoms with E-state index in [0.29, 0.717) is 6.54 Å². The second kappa shape index (κ2) is 6.04. The normalized spacial score (nSPS) is 17.4. The van der Waals surface area contributed by atoms with Gasteiger partial charge in [0, 0.05) is 11.9 Å². The fourth-order valence-corrected chi connectivity index (χ4v) is 3.42. The Morgan fingerprint density at radius 3 is 2.74 bits per heavy atom. The van der Waals surface area contributed by atoms with E-state index in [4.69, 9.17) is 0 Å². The molecule has 0 saturated heterocycles. The quantitative estimate of drug-likeness (QED) is 0.837. The molecule has 0 aliphatic heterocycles. The summed E-state index contributed by atoms with van der Waals surface area (Å²) in [5, 5.41) is 3.78. The van der Waals surface area contributed by atoms with Gasteiger partial charge in [0.05, 0.1) is 5.56 Å². The average Bonchev–Trinajstić information content (AvgIpc) is 2.88. The van der Waals surface area contributed by atoms with Crippen molar-refractivity contribution in [3.8, 4) is 0 Å². The van der Waals surface area contributed by atoms with E-state index in [1.807, 2.05) is 6.92 Å². The summed E-state index contributed by atoms with van der Waals surface area (Å²) in [6, 6.07) is 4.61. The fraction of sp³-hybridized carbons (Fsp3) is 0.533. The van der Waals surface area contributed by atoms with E-state index in [1.165, 1.54) is 18.9 Å². The average molecular weight is 328 g/mol. The molecule has 1 fully saturated rings. The molecule has 1 aliphatic rings. The van der Waals surface area contributed by atoms with Gasteiger partial charge >= 0.3 is 0 Å². The van der Waals surface area contributed by atoms with Crippen LogP contribution in [0, 0.1) is 18.2 Å². The van der Waals surface area contributed by atoms with Gasteiger partial charge in [-0.05, 0) is 37.3 Å². The number of benzene rings is 1. The highest BCUT2D eigenvalue weighted by Gasteiger charge is 2.33. The monoisotopic (exact) mass is 327 g/mol. The van der Waals surface area contributed by atoms with Gasteiger partial charge in [-0.25, -0.2) is 4.39 Å². The molecule has 1 N–H and O–H groups in total. The maximum Gasteiger partial charge on any atom is 0.254 e. The van der Waals surface area contributed by atoms with E-state index in [0.717, 1.165) is 23.7 Å². The maximum atomic E-state index is 13.6. The van der Waals surface area contributed by atoms with Crippen molar-refractivity contribution in [2.24, 2.45) is 5.41 Å². The van der Waals surface area contributed by atoms with Gasteiger partial charge in [-0.3, -0.25) is 4.79 Å². The van der Waals surface area contributed by atoms with E-state index in [-0.39, 0.29) is 16.9 Å². The predicted molar refractivity (Wildman–Crippen MR) is 78.2 cm³/mol. The Morgan fingerprint density at radius 1 is 1.42 bits per heavy atom. The molecule has 1 aromatic rings. The summed E-state index contributed by atoms with van der Waals surface area (Å²) in [4.78, 5) is 12.1. The lowest BCUT2D eigenvalue weighted by molar-refractivity contribution is 0.0931. The second-order valence-electron chi connectivity index (χ2n) is 5.51. The SMILES string of the molecule is Cc1ccc(F)c(C(=O)NCC2(CBr)CCCC2)c1. The molecule has 1 saturated carbocycles. The van der Waals surface area contributed by atoms with E-state index >= 15 is 0 Å². The first-order valence-corrected chi connectivity index (χ1v) is 7.79. The minimum absolute atomic E-state index is 0.141. The summed E-state index contributed by atoms with van der Waals surface area (Å²) < 4.78 is 13.6. The second-order valence-corrected chi connectivity index (χ2v) is 6.07. The van der Waals surface area contributed by atoms with Crippen molar-refractivity contribution in [2.75, 3.05) is 11.9 Å². The van der Waals surface area contributed by atoms with E-state index in [9.17, 15) is 9.18 Å². The third-order valence-corrected chi connectivity index (χ3v) is 5.13. The third-order valence-electron chi connectivity index (χ3n) is 3.94. The Balaban J connectivity index is 2.03. The topological polar surface area (TPSA) is 29.1 Å². The molecule has 0 atom stereocenters. The standard InChI is InChI=1S/C15H19BrFNO/c1-11-4-5-13(17)12(8-11)14(19)18-10-15(9-16)6-2-3-7-15/h4-5,8H,2-3,6-7,9-10H2,1H3,(H,18,19). The largest absolute Gasteiger partial charge is 0.351 e. The molecule has 0 bridgehead atoms. The number of nitrogens with one attached hydrogen (secondary N) is 1. The lowest BCUT2D eigenvalue weighted by Crippen LogP contribution is -2.37. The van der Waals surface area contributed by atoms with Crippen molar-refractivity contribution < 1.29 is 9.18 Å². The minimum Gasteiger partial charge on any atom is -0.351 e. The van der Waals surface area contributed by atoms with Crippen LogP contribution in [0.5, 0.6) is 0 Å². The van der Waals surface area contributed by atoms with Gasteiger partial charge < -0.3 is 5.32 Å². The summed E-state index contributed by atoms with van der Waals surface area (Å²) in [5.41, 5.74) is 1.18. The number of alkyl halides is 1. The zero-order valence-corrected chi connectivity index (χ0v) is 12.7. The Bertz CT molecular complexity index is 469. The van der Waals surface area contributed by atoms with Crippen LogP contribution in [0.1, 0.15) is 41.6 Å². The van der Waals surface area contributed by atoms with E-state index in [2.05, 4.69) is 21.2 Å². The van der Waals surface area contributed by atoms with Gasteiger partial charge in [0.1, 0.15) is 5.82 Å². The molecule has 0 radical (unpaired) electrons. The summed E-state index contributed by atoms with van der Waals surface area (Å²) in [6.07, 6.45) is 4.66. The first kappa shape index (κ1) is 14.5. The third kappa shape index (κ3) is 3.35. The summed E-state index contributed by atoms with van der Waals surface area (Å²) >= 11 is 3.54. The molecule has 2 nitrogen and oxygen atoms in total. The van der Waals surface area contributed by atoms with Gasteiger partial charge in [-0.2, -0.15) is 0 Å². The predicted octanol–water partition coefficient (Wildman–Crippen LogP) is 3.82. The molecule has 104 valence electrons. The van der Waals surface area contributed by atoms with Crippen LogP contribution in [-0.2, 0) is 0 Å². The van der Waals surface area contributed by atoms with Crippen molar-refractivity contribution in [1.82, 2.24) is 5.32 Å². The molecule has 0 aromatic heterocycles. The maximum absolute atomic E-state index is 13.6. The molecule has 1 aromatic carbocycles. The van der Waals surface area contributed by atoms with Crippen molar-refractivity contribution in [1.29, 1.82) is 0 Å². The van der Waals surface area contributed by atoms with Crippen LogP contribution in [0.3, 0.4) is 0 Å². The smallest absolute Gasteiger partial charge is 0.254 e. The molecule has 4 heteroatoms. The van der Waals surface area contributed by atoms with Gasteiger partial charge in [0.15, 0.2) is 0 Å². The zero-order chi connectivity index (χ0) is 13.9. The van der Waals surface area contributed by atoms with Crippen LogP contribution in [0.15, 0.2) is 18.2 Å². The van der Waals surface area contributed by atoms with E-state index < -0.39 is 5.82 Å². The highest BCUT2D eigenvalue weighted by Crippen LogP contribution is 2.39. The molecule has 2 rings (SSSR count). The van der Waals surface area contributed by atoms with Gasteiger partial charge in [-0.15, -0.1) is 0 Å². The molecule has 0 heterocycles. The van der Waals surface area contributed by atoms with Crippen molar-refractivity contribution in [3.05, 3.63) is 35.1 Å². The molecule has 0 unspecified atom stereocenters. The number of rotatable bonds is 4. The fourth-order valence-electron chi connectivity index (χ4n) is 2.66. The lowest BCUT2D eigenvalue weighted by Gasteiger charge is -2.26. The number of carbonyl (C=O) groups excluding carboxylic acids is 1. The number of halogens is 2. The first-order chi connectivity index (χ1) is 9.06. The van der Waals surface area contributed by atoms with Crippen LogP contribution in [0.4, 0.5) is 4.39 Å². The van der Waals surface area contributed by atoms with Crippen molar-refractivity contribution >= 4 is 21.8 Å². The van der Waals surface area contributed by atoms with Crippen LogP contribution < -0.4 is 5.32 Å². The first-order valence-electron chi connectivity index (χ1n) is 6.67. The zero-order valence-electron chi connectivity index (χ0n) is 11.1. The van der Waals surface area contributed by atoms with Crippen LogP contribution >= 0.6 is 15.9 Å². The van der Waals surface area contributed by atoms with Crippen molar-refractivity contribution in [3.63, 3.8) is 0 Å². The van der Waals surface area contributed by atoms with Gasteiger partial charge in [0.25, 0.3) is 5.91 Å². The molecule has 1 aliphatic carbocycles. The Hall–Kier alpha value is -0.900. The lowest BCUT2D eigenvalue weighted by atomic mass is 9.89. The highest BCUT2D eigenvalue weighted by molar-refractivity contribution is 9.09. The van der Waals surface area contributed by atoms with Crippen LogP contribution in [-0.4, -0.2) is 17.8 Å². The number of carbonyl (C=O) groups is 1. The van der Waals surface area contributed by atoms with Crippen LogP contribution in [0.25, 0.3) is 0 Å². The van der Waals surface area contributed by atoms with E-state index in [1.54, 1.807) is 12.1 Å². The van der Waals surface area contributed by atoms with Crippen molar-refractivity contribution in [2.45, 2.75) is 32.6 Å². The number of amides is 1. The molecule has 0 spiro atoms. The minimum atomic E-state index is -0.456. The Labute approximate surface area is 121 Å². The van der Waals surface area contributed by atoms with Crippen LogP contribution in [0.2, 0.25) is 0 Å². The summed E-state index contributed by atoms with van der Waals surface area (Å²) in [5.74, 6) is -0.768. The molecule has 1 amide bonds.